The first-order valence-electron chi connectivity index (χ1n) is 10.2. The quantitative estimate of drug-likeness (QED) is 0.631. The largest absolute Gasteiger partial charge is 0.379 e. The number of nitrogens with one attached hydrogen (secondary N) is 1. The first-order valence-corrected chi connectivity index (χ1v) is 11.7. The van der Waals surface area contributed by atoms with Crippen molar-refractivity contribution >= 4 is 15.9 Å². The highest BCUT2D eigenvalue weighted by atomic mass is 32.2. The van der Waals surface area contributed by atoms with Crippen molar-refractivity contribution in [3.8, 4) is 0 Å². The van der Waals surface area contributed by atoms with Gasteiger partial charge in [0.15, 0.2) is 0 Å². The maximum absolute atomic E-state index is 14.2. The van der Waals surface area contributed by atoms with E-state index >= 15 is 0 Å². The van der Waals surface area contributed by atoms with Crippen LogP contribution in [0.1, 0.15) is 11.1 Å². The number of sulfonamides is 1. The molecule has 0 aliphatic carbocycles. The van der Waals surface area contributed by atoms with Gasteiger partial charge in [-0.25, -0.2) is 12.8 Å². The second-order valence-corrected chi connectivity index (χ2v) is 9.42. The van der Waals surface area contributed by atoms with Gasteiger partial charge in [-0.1, -0.05) is 35.9 Å². The number of halogens is 1. The van der Waals surface area contributed by atoms with Gasteiger partial charge in [0.2, 0.25) is 15.9 Å². The van der Waals surface area contributed by atoms with Crippen molar-refractivity contribution in [2.24, 2.45) is 0 Å². The standard InChI is InChI=1S/C22H28FN3O4S/c1-18-6-8-20(9-7-18)31(28,29)26(16-19-4-2-3-5-21(19)23)17-22(27)24-10-11-25-12-14-30-15-13-25/h2-9H,10-17H2,1H3,(H,24,27). The number of amides is 1. The minimum atomic E-state index is -3.99. The van der Waals surface area contributed by atoms with E-state index < -0.39 is 28.3 Å². The van der Waals surface area contributed by atoms with Crippen LogP contribution >= 0.6 is 0 Å². The Morgan fingerprint density at radius 2 is 1.81 bits per heavy atom. The Hall–Kier alpha value is -2.33. The number of aryl methyl sites for hydroxylation is 1. The molecule has 9 heteroatoms. The summed E-state index contributed by atoms with van der Waals surface area (Å²) in [5, 5.41) is 2.77. The van der Waals surface area contributed by atoms with Gasteiger partial charge in [0, 0.05) is 38.3 Å². The molecule has 1 N–H and O–H groups in total. The van der Waals surface area contributed by atoms with Crippen molar-refractivity contribution < 1.29 is 22.3 Å². The van der Waals surface area contributed by atoms with Crippen LogP contribution in [0.4, 0.5) is 4.39 Å². The van der Waals surface area contributed by atoms with E-state index in [0.717, 1.165) is 23.0 Å². The Morgan fingerprint density at radius 1 is 1.13 bits per heavy atom. The van der Waals surface area contributed by atoms with Gasteiger partial charge in [0.05, 0.1) is 24.7 Å². The number of benzene rings is 2. The molecule has 2 aromatic rings. The van der Waals surface area contributed by atoms with Gasteiger partial charge in [-0.15, -0.1) is 0 Å². The number of hydrogen-bond acceptors (Lipinski definition) is 5. The van der Waals surface area contributed by atoms with Crippen LogP contribution in [0.3, 0.4) is 0 Å². The summed E-state index contributed by atoms with van der Waals surface area (Å²) in [4.78, 5) is 14.8. The molecule has 0 unspecified atom stereocenters. The Balaban J connectivity index is 1.71. The number of rotatable bonds is 9. The molecule has 7 nitrogen and oxygen atoms in total. The molecule has 0 spiro atoms. The minimum absolute atomic E-state index is 0.0653. The molecule has 0 saturated carbocycles. The van der Waals surface area contributed by atoms with E-state index in [1.165, 1.54) is 30.3 Å². The highest BCUT2D eigenvalue weighted by Gasteiger charge is 2.27. The summed E-state index contributed by atoms with van der Waals surface area (Å²) in [6.07, 6.45) is 0. The van der Waals surface area contributed by atoms with E-state index in [9.17, 15) is 17.6 Å². The van der Waals surface area contributed by atoms with Gasteiger partial charge in [-0.2, -0.15) is 4.31 Å². The molecule has 0 aromatic heterocycles. The summed E-state index contributed by atoms with van der Waals surface area (Å²) in [5.74, 6) is -0.945. The Labute approximate surface area is 182 Å². The third kappa shape index (κ3) is 6.57. The van der Waals surface area contributed by atoms with Gasteiger partial charge in [0.1, 0.15) is 5.82 Å². The van der Waals surface area contributed by atoms with Crippen LogP contribution in [-0.2, 0) is 26.1 Å². The molecule has 3 rings (SSSR count). The van der Waals surface area contributed by atoms with Crippen molar-refractivity contribution in [3.05, 3.63) is 65.5 Å². The molecule has 0 bridgehead atoms. The average molecular weight is 450 g/mol. The zero-order valence-electron chi connectivity index (χ0n) is 17.6. The SMILES string of the molecule is Cc1ccc(S(=O)(=O)N(CC(=O)NCCN2CCOCC2)Cc2ccccc2F)cc1. The van der Waals surface area contributed by atoms with Crippen LogP contribution in [0.2, 0.25) is 0 Å². The first-order chi connectivity index (χ1) is 14.9. The third-order valence-electron chi connectivity index (χ3n) is 5.14. The predicted molar refractivity (Wildman–Crippen MR) is 115 cm³/mol. The lowest BCUT2D eigenvalue weighted by atomic mass is 10.2. The van der Waals surface area contributed by atoms with Gasteiger partial charge in [-0.3, -0.25) is 9.69 Å². The zero-order chi connectivity index (χ0) is 22.3. The topological polar surface area (TPSA) is 79.0 Å². The van der Waals surface area contributed by atoms with Crippen LogP contribution in [0, 0.1) is 12.7 Å². The van der Waals surface area contributed by atoms with E-state index in [0.29, 0.717) is 26.3 Å². The number of carbonyl (C=O) groups excluding carboxylic acids is 1. The average Bonchev–Trinajstić information content (AvgIpc) is 2.76. The summed E-state index contributed by atoms with van der Waals surface area (Å²) in [7, 11) is -3.99. The van der Waals surface area contributed by atoms with E-state index in [1.807, 2.05) is 6.92 Å². The molecule has 1 saturated heterocycles. The number of nitrogens with zero attached hydrogens (tertiary/aromatic N) is 2. The van der Waals surface area contributed by atoms with Gasteiger partial charge < -0.3 is 10.1 Å². The van der Waals surface area contributed by atoms with E-state index in [4.69, 9.17) is 4.74 Å². The molecule has 1 heterocycles. The van der Waals surface area contributed by atoms with E-state index in [1.54, 1.807) is 18.2 Å². The molecule has 1 aliphatic heterocycles. The molecule has 1 fully saturated rings. The van der Waals surface area contributed by atoms with Crippen LogP contribution in [0.25, 0.3) is 0 Å². The molecule has 168 valence electrons. The first kappa shape index (κ1) is 23.3. The van der Waals surface area contributed by atoms with Crippen molar-refractivity contribution in [2.75, 3.05) is 45.9 Å². The van der Waals surface area contributed by atoms with Crippen molar-refractivity contribution in [1.82, 2.24) is 14.5 Å². The number of morpholine rings is 1. The molecule has 0 atom stereocenters. The summed E-state index contributed by atoms with van der Waals surface area (Å²) < 4.78 is 47.0. The maximum Gasteiger partial charge on any atom is 0.243 e. The molecule has 1 aliphatic rings. The number of carbonyl (C=O) groups is 1. The Kier molecular flexibility index (Phi) is 8.14. The van der Waals surface area contributed by atoms with Crippen molar-refractivity contribution in [2.45, 2.75) is 18.4 Å². The smallest absolute Gasteiger partial charge is 0.243 e. The minimum Gasteiger partial charge on any atom is -0.379 e. The summed E-state index contributed by atoms with van der Waals surface area (Å²) in [6.45, 7) is 5.22. The fourth-order valence-electron chi connectivity index (χ4n) is 3.30. The fourth-order valence-corrected chi connectivity index (χ4v) is 4.67. The second kappa shape index (κ2) is 10.8. The number of hydrogen-bond donors (Lipinski definition) is 1. The predicted octanol–water partition coefficient (Wildman–Crippen LogP) is 1.77. The lowest BCUT2D eigenvalue weighted by Crippen LogP contribution is -2.44. The second-order valence-electron chi connectivity index (χ2n) is 7.48. The van der Waals surface area contributed by atoms with Crippen LogP contribution in [-0.4, -0.2) is 69.5 Å². The van der Waals surface area contributed by atoms with Crippen LogP contribution < -0.4 is 5.32 Å². The fraction of sp³-hybridized carbons (Fsp3) is 0.409. The lowest BCUT2D eigenvalue weighted by molar-refractivity contribution is -0.121. The highest BCUT2D eigenvalue weighted by molar-refractivity contribution is 7.89. The number of ether oxygens (including phenoxy) is 1. The van der Waals surface area contributed by atoms with Crippen molar-refractivity contribution in [1.29, 1.82) is 0 Å². The molecule has 0 radical (unpaired) electrons. The van der Waals surface area contributed by atoms with E-state index in [-0.39, 0.29) is 17.0 Å². The normalized spacial score (nSPS) is 15.2. The van der Waals surface area contributed by atoms with Gasteiger partial charge in [0.25, 0.3) is 0 Å². The van der Waals surface area contributed by atoms with Crippen LogP contribution in [0.5, 0.6) is 0 Å². The monoisotopic (exact) mass is 449 g/mol. The Bertz CT molecular complexity index is 977. The van der Waals surface area contributed by atoms with E-state index in [2.05, 4.69) is 10.2 Å². The molecular weight excluding hydrogens is 421 g/mol. The summed E-state index contributed by atoms with van der Waals surface area (Å²) in [6, 6.07) is 12.3. The van der Waals surface area contributed by atoms with Crippen LogP contribution in [0.15, 0.2) is 53.4 Å². The Morgan fingerprint density at radius 3 is 2.48 bits per heavy atom. The van der Waals surface area contributed by atoms with Gasteiger partial charge >= 0.3 is 0 Å². The summed E-state index contributed by atoms with van der Waals surface area (Å²) in [5.41, 5.74) is 1.12. The zero-order valence-corrected chi connectivity index (χ0v) is 18.4. The van der Waals surface area contributed by atoms with Gasteiger partial charge in [-0.05, 0) is 25.1 Å². The molecular formula is C22H28FN3O4S. The highest BCUT2D eigenvalue weighted by Crippen LogP contribution is 2.20. The summed E-state index contributed by atoms with van der Waals surface area (Å²) >= 11 is 0. The lowest BCUT2D eigenvalue weighted by Gasteiger charge is -2.27. The molecule has 1 amide bonds. The molecule has 31 heavy (non-hydrogen) atoms. The molecule has 2 aromatic carbocycles. The maximum atomic E-state index is 14.2. The van der Waals surface area contributed by atoms with Crippen molar-refractivity contribution in [3.63, 3.8) is 0 Å². The third-order valence-corrected chi connectivity index (χ3v) is 6.94.